The van der Waals surface area contributed by atoms with Gasteiger partial charge in [0.25, 0.3) is 5.56 Å². The van der Waals surface area contributed by atoms with E-state index in [0.717, 1.165) is 19.4 Å². The van der Waals surface area contributed by atoms with Gasteiger partial charge in [-0.15, -0.1) is 0 Å². The highest BCUT2D eigenvalue weighted by Crippen LogP contribution is 2.25. The number of nitriles is 1. The number of hydrogen-bond acceptors (Lipinski definition) is 5. The van der Waals surface area contributed by atoms with E-state index in [1.165, 1.54) is 11.8 Å². The molecule has 7 heteroatoms. The number of fused-ring (bicyclic) bond motifs is 1. The van der Waals surface area contributed by atoms with Crippen LogP contribution in [-0.4, -0.2) is 27.5 Å². The topological polar surface area (TPSA) is 67.9 Å². The maximum absolute atomic E-state index is 12.8. The zero-order valence-corrected chi connectivity index (χ0v) is 14.2. The summed E-state index contributed by atoms with van der Waals surface area (Å²) in [6.07, 6.45) is 1.96. The molecule has 5 nitrogen and oxygen atoms in total. The second-order valence-corrected chi connectivity index (χ2v) is 7.24. The number of ether oxygens (including phenoxy) is 1. The summed E-state index contributed by atoms with van der Waals surface area (Å²) < 4.78 is 7.28. The smallest absolute Gasteiger partial charge is 0.262 e. The molecule has 0 aliphatic carbocycles. The van der Waals surface area contributed by atoms with Crippen molar-refractivity contribution in [1.29, 1.82) is 5.26 Å². The molecule has 1 aliphatic rings. The minimum Gasteiger partial charge on any atom is -0.376 e. The highest BCUT2D eigenvalue weighted by molar-refractivity contribution is 8.00. The molecule has 1 saturated heterocycles. The van der Waals surface area contributed by atoms with Gasteiger partial charge in [0.2, 0.25) is 0 Å². The van der Waals surface area contributed by atoms with Crippen LogP contribution >= 0.6 is 23.4 Å². The minimum atomic E-state index is -0.297. The maximum atomic E-state index is 12.8. The zero-order chi connectivity index (χ0) is 16.4. The number of thioether (sulfide) groups is 1. The number of benzene rings is 1. The first-order chi connectivity index (χ1) is 11.1. The van der Waals surface area contributed by atoms with Gasteiger partial charge in [0.15, 0.2) is 5.16 Å². The first-order valence-electron chi connectivity index (χ1n) is 7.46. The van der Waals surface area contributed by atoms with Crippen molar-refractivity contribution in [3.05, 3.63) is 33.6 Å². The first-order valence-corrected chi connectivity index (χ1v) is 8.72. The van der Waals surface area contributed by atoms with E-state index in [1.807, 2.05) is 0 Å². The molecule has 2 aromatic rings. The summed E-state index contributed by atoms with van der Waals surface area (Å²) in [7, 11) is 0. The Morgan fingerprint density at radius 3 is 3.13 bits per heavy atom. The van der Waals surface area contributed by atoms with Crippen LogP contribution in [0.25, 0.3) is 10.9 Å². The molecule has 1 aromatic heterocycles. The van der Waals surface area contributed by atoms with Gasteiger partial charge in [0.1, 0.15) is 0 Å². The Labute approximate surface area is 143 Å². The summed E-state index contributed by atoms with van der Waals surface area (Å²) >= 11 is 7.29. The molecule has 120 valence electrons. The van der Waals surface area contributed by atoms with E-state index in [9.17, 15) is 4.79 Å². The van der Waals surface area contributed by atoms with Gasteiger partial charge in [-0.05, 0) is 38.0 Å². The molecule has 0 spiro atoms. The normalized spacial score (nSPS) is 18.9. The second kappa shape index (κ2) is 6.91. The van der Waals surface area contributed by atoms with Gasteiger partial charge in [0.05, 0.1) is 34.9 Å². The van der Waals surface area contributed by atoms with Gasteiger partial charge in [0, 0.05) is 11.6 Å². The number of aromatic nitrogens is 2. The largest absolute Gasteiger partial charge is 0.376 e. The third-order valence-electron chi connectivity index (χ3n) is 3.76. The van der Waals surface area contributed by atoms with E-state index in [2.05, 4.69) is 11.1 Å². The Balaban J connectivity index is 2.10. The van der Waals surface area contributed by atoms with Crippen LogP contribution in [0.1, 0.15) is 19.8 Å². The van der Waals surface area contributed by atoms with Crippen LogP contribution in [0, 0.1) is 11.3 Å². The molecular formula is C16H16ClN3O2S. The minimum absolute atomic E-state index is 0.0241. The lowest BCUT2D eigenvalue weighted by molar-refractivity contribution is 0.0937. The summed E-state index contributed by atoms with van der Waals surface area (Å²) in [6.45, 7) is 2.98. The van der Waals surface area contributed by atoms with Crippen molar-refractivity contribution >= 4 is 34.3 Å². The van der Waals surface area contributed by atoms with E-state index < -0.39 is 0 Å². The summed E-state index contributed by atoms with van der Waals surface area (Å²) in [5.74, 6) is 0. The molecule has 0 amide bonds. The van der Waals surface area contributed by atoms with Gasteiger partial charge < -0.3 is 4.74 Å². The molecule has 23 heavy (non-hydrogen) atoms. The Hall–Kier alpha value is -1.55. The fourth-order valence-corrected chi connectivity index (χ4v) is 3.57. The molecule has 3 rings (SSSR count). The molecule has 0 radical (unpaired) electrons. The van der Waals surface area contributed by atoms with Gasteiger partial charge in [-0.1, -0.05) is 23.4 Å². The molecule has 2 atom stereocenters. The molecule has 0 unspecified atom stereocenters. The Bertz CT molecular complexity index is 824. The predicted molar refractivity (Wildman–Crippen MR) is 90.9 cm³/mol. The number of halogens is 1. The van der Waals surface area contributed by atoms with Gasteiger partial charge >= 0.3 is 0 Å². The summed E-state index contributed by atoms with van der Waals surface area (Å²) in [6, 6.07) is 7.22. The molecule has 0 N–H and O–H groups in total. The molecule has 1 aromatic carbocycles. The van der Waals surface area contributed by atoms with E-state index in [0.29, 0.717) is 27.6 Å². The molecule has 1 aliphatic heterocycles. The van der Waals surface area contributed by atoms with Crippen LogP contribution < -0.4 is 5.56 Å². The van der Waals surface area contributed by atoms with Crippen molar-refractivity contribution < 1.29 is 4.74 Å². The monoisotopic (exact) mass is 349 g/mol. The lowest BCUT2D eigenvalue weighted by Crippen LogP contribution is -2.29. The highest BCUT2D eigenvalue weighted by Gasteiger charge is 2.21. The summed E-state index contributed by atoms with van der Waals surface area (Å²) in [5.41, 5.74) is 0.438. The third-order valence-corrected chi connectivity index (χ3v) is 4.97. The van der Waals surface area contributed by atoms with Gasteiger partial charge in [-0.3, -0.25) is 9.36 Å². The first kappa shape index (κ1) is 16.3. The number of nitrogens with zero attached hydrogens (tertiary/aromatic N) is 3. The molecule has 1 fully saturated rings. The van der Waals surface area contributed by atoms with Gasteiger partial charge in [-0.2, -0.15) is 5.26 Å². The Morgan fingerprint density at radius 1 is 1.61 bits per heavy atom. The van der Waals surface area contributed by atoms with Crippen molar-refractivity contribution in [2.75, 3.05) is 6.61 Å². The lowest BCUT2D eigenvalue weighted by Gasteiger charge is -2.17. The van der Waals surface area contributed by atoms with Gasteiger partial charge in [-0.25, -0.2) is 4.98 Å². The van der Waals surface area contributed by atoms with E-state index in [-0.39, 0.29) is 16.9 Å². The fraction of sp³-hybridized carbons (Fsp3) is 0.438. The maximum Gasteiger partial charge on any atom is 0.262 e. The second-order valence-electron chi connectivity index (χ2n) is 5.50. The molecular weight excluding hydrogens is 334 g/mol. The summed E-state index contributed by atoms with van der Waals surface area (Å²) in [4.78, 5) is 17.4. The SMILES string of the molecule is C[C@H](C#N)Sc1nc2cc(Cl)ccc2c(=O)n1C[C@@H]1CCCO1. The van der Waals surface area contributed by atoms with Crippen LogP contribution in [0.3, 0.4) is 0 Å². The van der Waals surface area contributed by atoms with Crippen LogP contribution in [0.5, 0.6) is 0 Å². The standard InChI is InChI=1S/C16H16ClN3O2S/c1-10(8-18)23-16-19-14-7-11(17)4-5-13(14)15(21)20(16)9-12-3-2-6-22-12/h4-5,7,10,12H,2-3,6,9H2,1H3/t10-,12+/m1/s1. The van der Waals surface area contributed by atoms with Crippen molar-refractivity contribution in [1.82, 2.24) is 9.55 Å². The predicted octanol–water partition coefficient (Wildman–Crippen LogP) is 3.23. The van der Waals surface area contributed by atoms with E-state index >= 15 is 0 Å². The van der Waals surface area contributed by atoms with Crippen LogP contribution in [0.15, 0.2) is 28.2 Å². The Kier molecular flexibility index (Phi) is 4.90. The number of hydrogen-bond donors (Lipinski definition) is 0. The molecule has 0 saturated carbocycles. The molecule has 0 bridgehead atoms. The number of rotatable bonds is 4. The van der Waals surface area contributed by atoms with Crippen LogP contribution in [-0.2, 0) is 11.3 Å². The highest BCUT2D eigenvalue weighted by atomic mass is 35.5. The third kappa shape index (κ3) is 3.52. The van der Waals surface area contributed by atoms with Crippen molar-refractivity contribution in [3.8, 4) is 6.07 Å². The quantitative estimate of drug-likeness (QED) is 0.626. The van der Waals surface area contributed by atoms with Crippen molar-refractivity contribution in [3.63, 3.8) is 0 Å². The van der Waals surface area contributed by atoms with Crippen LogP contribution in [0.2, 0.25) is 5.02 Å². The van der Waals surface area contributed by atoms with E-state index in [1.54, 1.807) is 29.7 Å². The lowest BCUT2D eigenvalue weighted by atomic mass is 10.2. The van der Waals surface area contributed by atoms with Crippen LogP contribution in [0.4, 0.5) is 0 Å². The summed E-state index contributed by atoms with van der Waals surface area (Å²) in [5, 5.41) is 10.4. The average Bonchev–Trinajstić information content (AvgIpc) is 3.03. The van der Waals surface area contributed by atoms with Crippen molar-refractivity contribution in [2.24, 2.45) is 0 Å². The molecule has 2 heterocycles. The van der Waals surface area contributed by atoms with E-state index in [4.69, 9.17) is 21.6 Å². The van der Waals surface area contributed by atoms with Crippen molar-refractivity contribution in [2.45, 2.75) is 42.8 Å². The zero-order valence-electron chi connectivity index (χ0n) is 12.7. The average molecular weight is 350 g/mol. The Morgan fingerprint density at radius 2 is 2.43 bits per heavy atom. The fourth-order valence-electron chi connectivity index (χ4n) is 2.60.